The molecular weight excluding hydrogens is 178 g/mol. The van der Waals surface area contributed by atoms with Gasteiger partial charge in [0.25, 0.3) is 0 Å². The van der Waals surface area contributed by atoms with Gasteiger partial charge in [-0.1, -0.05) is 12.8 Å². The minimum Gasteiger partial charge on any atom is -0.393 e. The van der Waals surface area contributed by atoms with Crippen LogP contribution in [-0.2, 0) is 6.54 Å². The van der Waals surface area contributed by atoms with Gasteiger partial charge in [-0.2, -0.15) is 0 Å². The van der Waals surface area contributed by atoms with E-state index in [1.165, 1.54) is 6.42 Å². The largest absolute Gasteiger partial charge is 0.393 e. The summed E-state index contributed by atoms with van der Waals surface area (Å²) in [6.45, 7) is 0.799. The van der Waals surface area contributed by atoms with Gasteiger partial charge in [0, 0.05) is 24.9 Å². The van der Waals surface area contributed by atoms with Crippen molar-refractivity contribution in [2.75, 3.05) is 5.73 Å². The Hall–Kier alpha value is -1.03. The summed E-state index contributed by atoms with van der Waals surface area (Å²) in [5.41, 5.74) is 5.67. The zero-order valence-corrected chi connectivity index (χ0v) is 8.26. The molecule has 0 radical (unpaired) electrons. The zero-order chi connectivity index (χ0) is 9.97. The molecule has 1 aromatic heterocycles. The van der Waals surface area contributed by atoms with Crippen molar-refractivity contribution in [2.45, 2.75) is 38.3 Å². The Labute approximate surface area is 83.8 Å². The molecule has 78 valence electrons. The van der Waals surface area contributed by atoms with Crippen LogP contribution in [0.1, 0.15) is 25.7 Å². The summed E-state index contributed by atoms with van der Waals surface area (Å²) < 4.78 is 1.92. The van der Waals surface area contributed by atoms with Crippen LogP contribution in [0.2, 0.25) is 0 Å². The van der Waals surface area contributed by atoms with Crippen LogP contribution in [0.5, 0.6) is 0 Å². The summed E-state index contributed by atoms with van der Waals surface area (Å²) >= 11 is 0. The molecule has 0 aromatic carbocycles. The third-order valence-electron chi connectivity index (χ3n) is 3.05. The van der Waals surface area contributed by atoms with E-state index in [-0.39, 0.29) is 6.10 Å². The smallest absolute Gasteiger partial charge is 0.200 e. The third kappa shape index (κ3) is 1.90. The summed E-state index contributed by atoms with van der Waals surface area (Å²) in [6.07, 6.45) is 7.80. The standard InChI is InChI=1S/C10H17N3O/c11-10-12-5-6-13(10)7-8-3-1-2-4-9(8)14/h5-6,8-9,14H,1-4,7H2,(H2,11,12). The monoisotopic (exact) mass is 195 g/mol. The predicted octanol–water partition coefficient (Wildman–Crippen LogP) is 1.02. The fourth-order valence-electron chi connectivity index (χ4n) is 2.15. The lowest BCUT2D eigenvalue weighted by Gasteiger charge is -2.27. The maximum atomic E-state index is 9.78. The van der Waals surface area contributed by atoms with Gasteiger partial charge in [-0.3, -0.25) is 0 Å². The van der Waals surface area contributed by atoms with E-state index < -0.39 is 0 Å². The molecule has 4 nitrogen and oxygen atoms in total. The fraction of sp³-hybridized carbons (Fsp3) is 0.700. The van der Waals surface area contributed by atoms with Gasteiger partial charge >= 0.3 is 0 Å². The van der Waals surface area contributed by atoms with Gasteiger partial charge in [0.15, 0.2) is 5.95 Å². The van der Waals surface area contributed by atoms with Crippen molar-refractivity contribution in [3.05, 3.63) is 12.4 Å². The molecule has 2 unspecified atom stereocenters. The molecule has 3 N–H and O–H groups in total. The van der Waals surface area contributed by atoms with E-state index in [1.807, 2.05) is 10.8 Å². The molecule has 0 saturated heterocycles. The Morgan fingerprint density at radius 1 is 1.50 bits per heavy atom. The van der Waals surface area contributed by atoms with E-state index in [9.17, 15) is 5.11 Å². The summed E-state index contributed by atoms with van der Waals surface area (Å²) in [7, 11) is 0. The molecule has 0 spiro atoms. The van der Waals surface area contributed by atoms with Gasteiger partial charge in [-0.15, -0.1) is 0 Å². The molecule has 0 aliphatic heterocycles. The van der Waals surface area contributed by atoms with Crippen LogP contribution < -0.4 is 5.73 Å². The van der Waals surface area contributed by atoms with Crippen molar-refractivity contribution in [3.8, 4) is 0 Å². The summed E-state index contributed by atoms with van der Waals surface area (Å²) in [4.78, 5) is 3.97. The van der Waals surface area contributed by atoms with Gasteiger partial charge in [0.05, 0.1) is 6.10 Å². The maximum absolute atomic E-state index is 9.78. The van der Waals surface area contributed by atoms with E-state index in [0.717, 1.165) is 25.8 Å². The molecule has 14 heavy (non-hydrogen) atoms. The molecule has 4 heteroatoms. The SMILES string of the molecule is Nc1nccn1CC1CCCCC1O. The number of hydrogen-bond acceptors (Lipinski definition) is 3. The molecule has 1 saturated carbocycles. The van der Waals surface area contributed by atoms with E-state index in [2.05, 4.69) is 4.98 Å². The summed E-state index contributed by atoms with van der Waals surface area (Å²) in [6, 6.07) is 0. The lowest BCUT2D eigenvalue weighted by atomic mass is 9.86. The third-order valence-corrected chi connectivity index (χ3v) is 3.05. The quantitative estimate of drug-likeness (QED) is 0.740. The number of aromatic nitrogens is 2. The molecule has 1 aromatic rings. The Bertz CT molecular complexity index is 297. The molecule has 1 fully saturated rings. The molecule has 1 heterocycles. The number of imidazole rings is 1. The zero-order valence-electron chi connectivity index (χ0n) is 8.26. The fourth-order valence-corrected chi connectivity index (χ4v) is 2.15. The second-order valence-electron chi connectivity index (χ2n) is 4.05. The van der Waals surface area contributed by atoms with Crippen molar-refractivity contribution in [2.24, 2.45) is 5.92 Å². The maximum Gasteiger partial charge on any atom is 0.200 e. The lowest BCUT2D eigenvalue weighted by Crippen LogP contribution is -2.28. The first-order chi connectivity index (χ1) is 6.77. The van der Waals surface area contributed by atoms with Crippen molar-refractivity contribution in [1.82, 2.24) is 9.55 Å². The lowest BCUT2D eigenvalue weighted by molar-refractivity contribution is 0.0610. The highest BCUT2D eigenvalue weighted by Gasteiger charge is 2.23. The second kappa shape index (κ2) is 4.00. The highest BCUT2D eigenvalue weighted by Crippen LogP contribution is 2.26. The van der Waals surface area contributed by atoms with Crippen molar-refractivity contribution in [3.63, 3.8) is 0 Å². The Morgan fingerprint density at radius 3 is 2.93 bits per heavy atom. The number of anilines is 1. The van der Waals surface area contributed by atoms with E-state index in [4.69, 9.17) is 5.73 Å². The Balaban J connectivity index is 1.99. The van der Waals surface area contributed by atoms with Gasteiger partial charge in [0.2, 0.25) is 0 Å². The molecule has 2 rings (SSSR count). The molecule has 1 aliphatic rings. The average molecular weight is 195 g/mol. The van der Waals surface area contributed by atoms with Crippen LogP contribution in [-0.4, -0.2) is 20.8 Å². The topological polar surface area (TPSA) is 64.1 Å². The Morgan fingerprint density at radius 2 is 2.29 bits per heavy atom. The minimum atomic E-state index is -0.162. The molecule has 0 bridgehead atoms. The van der Waals surface area contributed by atoms with Crippen molar-refractivity contribution in [1.29, 1.82) is 0 Å². The van der Waals surface area contributed by atoms with E-state index in [1.54, 1.807) is 6.20 Å². The second-order valence-corrected chi connectivity index (χ2v) is 4.05. The number of aliphatic hydroxyl groups is 1. The first-order valence-corrected chi connectivity index (χ1v) is 5.22. The van der Waals surface area contributed by atoms with Gasteiger partial charge in [-0.05, 0) is 12.8 Å². The first-order valence-electron chi connectivity index (χ1n) is 5.22. The summed E-state index contributed by atoms with van der Waals surface area (Å²) in [5, 5.41) is 9.78. The molecule has 0 amide bonds. The number of hydrogen-bond donors (Lipinski definition) is 2. The average Bonchev–Trinajstić information content (AvgIpc) is 2.56. The van der Waals surface area contributed by atoms with Gasteiger partial charge in [0.1, 0.15) is 0 Å². The number of nitrogens with two attached hydrogens (primary N) is 1. The molecule has 2 atom stereocenters. The minimum absolute atomic E-state index is 0.162. The summed E-state index contributed by atoms with van der Waals surface area (Å²) in [5.74, 6) is 0.892. The van der Waals surface area contributed by atoms with Crippen LogP contribution >= 0.6 is 0 Å². The van der Waals surface area contributed by atoms with Crippen LogP contribution in [0.3, 0.4) is 0 Å². The number of aliphatic hydroxyl groups excluding tert-OH is 1. The normalized spacial score (nSPS) is 27.8. The number of nitrogen functional groups attached to an aromatic ring is 1. The van der Waals surface area contributed by atoms with Crippen LogP contribution in [0.4, 0.5) is 5.95 Å². The molecular formula is C10H17N3O. The van der Waals surface area contributed by atoms with Crippen LogP contribution in [0.15, 0.2) is 12.4 Å². The van der Waals surface area contributed by atoms with Crippen molar-refractivity contribution < 1.29 is 5.11 Å². The highest BCUT2D eigenvalue weighted by molar-refractivity contribution is 5.16. The van der Waals surface area contributed by atoms with Crippen molar-refractivity contribution >= 4 is 5.95 Å². The van der Waals surface area contributed by atoms with E-state index >= 15 is 0 Å². The predicted molar refractivity (Wildman–Crippen MR) is 54.6 cm³/mol. The Kier molecular flexibility index (Phi) is 2.72. The number of nitrogens with zero attached hydrogens (tertiary/aromatic N) is 2. The molecule has 1 aliphatic carbocycles. The van der Waals surface area contributed by atoms with Gasteiger partial charge in [-0.25, -0.2) is 4.98 Å². The highest BCUT2D eigenvalue weighted by atomic mass is 16.3. The van der Waals surface area contributed by atoms with E-state index in [0.29, 0.717) is 11.9 Å². The number of rotatable bonds is 2. The van der Waals surface area contributed by atoms with Gasteiger partial charge < -0.3 is 15.4 Å². The van der Waals surface area contributed by atoms with Crippen LogP contribution in [0.25, 0.3) is 0 Å². The first kappa shape index (κ1) is 9.52. The van der Waals surface area contributed by atoms with Crippen LogP contribution in [0, 0.1) is 5.92 Å².